The first-order valence-corrected chi connectivity index (χ1v) is 7.56. The highest BCUT2D eigenvalue weighted by Crippen LogP contribution is 2.45. The molecule has 2 saturated carbocycles. The van der Waals surface area contributed by atoms with E-state index in [-0.39, 0.29) is 0 Å². The van der Waals surface area contributed by atoms with Crippen LogP contribution in [0, 0.1) is 17.3 Å². The molecule has 0 aromatic heterocycles. The summed E-state index contributed by atoms with van der Waals surface area (Å²) in [6.45, 7) is 5.60. The van der Waals surface area contributed by atoms with E-state index in [0.717, 1.165) is 24.4 Å². The van der Waals surface area contributed by atoms with Crippen molar-refractivity contribution < 1.29 is 0 Å². The van der Waals surface area contributed by atoms with Gasteiger partial charge in [-0.05, 0) is 42.9 Å². The lowest BCUT2D eigenvalue weighted by molar-refractivity contribution is 0.432. The molecule has 90 valence electrons. The molecular weight excluding hydrogens is 216 g/mol. The molecule has 3 rings (SSSR count). The Balaban J connectivity index is 1.59. The topological polar surface area (TPSA) is 24.4 Å². The number of thioether (sulfide) groups is 1. The van der Waals surface area contributed by atoms with Crippen molar-refractivity contribution in [2.75, 3.05) is 12.3 Å². The van der Waals surface area contributed by atoms with Crippen molar-refractivity contribution >= 4 is 16.9 Å². The largest absolute Gasteiger partial charge is 0.362 e. The first-order valence-electron chi connectivity index (χ1n) is 6.58. The maximum absolute atomic E-state index is 4.71. The van der Waals surface area contributed by atoms with Crippen molar-refractivity contribution in [1.29, 1.82) is 0 Å². The van der Waals surface area contributed by atoms with Gasteiger partial charge in [0, 0.05) is 18.3 Å². The van der Waals surface area contributed by atoms with Gasteiger partial charge in [-0.25, -0.2) is 0 Å². The summed E-state index contributed by atoms with van der Waals surface area (Å²) in [5, 5.41) is 4.96. The second kappa shape index (κ2) is 3.94. The molecule has 2 nitrogen and oxygen atoms in total. The molecule has 3 aliphatic rings. The van der Waals surface area contributed by atoms with E-state index < -0.39 is 0 Å². The van der Waals surface area contributed by atoms with Crippen LogP contribution in [0.25, 0.3) is 0 Å². The third-order valence-electron chi connectivity index (χ3n) is 3.80. The summed E-state index contributed by atoms with van der Waals surface area (Å²) in [7, 11) is 0. The Bertz CT molecular complexity index is 291. The first-order chi connectivity index (χ1) is 7.64. The van der Waals surface area contributed by atoms with Crippen LogP contribution >= 0.6 is 11.8 Å². The van der Waals surface area contributed by atoms with Gasteiger partial charge in [-0.3, -0.25) is 4.99 Å². The van der Waals surface area contributed by atoms with Crippen LogP contribution in [0.5, 0.6) is 0 Å². The molecule has 2 aliphatic carbocycles. The molecular formula is C13H22N2S. The van der Waals surface area contributed by atoms with Crippen LogP contribution in [0.2, 0.25) is 0 Å². The molecule has 0 saturated heterocycles. The van der Waals surface area contributed by atoms with Crippen LogP contribution in [-0.2, 0) is 0 Å². The van der Waals surface area contributed by atoms with Crippen LogP contribution in [0.3, 0.4) is 0 Å². The van der Waals surface area contributed by atoms with Crippen LogP contribution in [0.4, 0.5) is 0 Å². The molecule has 16 heavy (non-hydrogen) atoms. The highest BCUT2D eigenvalue weighted by Gasteiger charge is 2.42. The standard InChI is InChI=1S/C13H22N2S/c1-13(2)7-14-12(16-8-13)15-11(9-3-4-9)10-5-6-10/h9-11H,3-8H2,1-2H3,(H,14,15). The summed E-state index contributed by atoms with van der Waals surface area (Å²) in [6, 6.07) is 0.757. The van der Waals surface area contributed by atoms with E-state index in [2.05, 4.69) is 19.2 Å². The van der Waals surface area contributed by atoms with Crippen LogP contribution < -0.4 is 5.32 Å². The van der Waals surface area contributed by atoms with Crippen LogP contribution in [0.1, 0.15) is 39.5 Å². The molecule has 0 amide bonds. The molecule has 2 fully saturated rings. The lowest BCUT2D eigenvalue weighted by atomic mass is 9.97. The van der Waals surface area contributed by atoms with Gasteiger partial charge in [0.15, 0.2) is 5.17 Å². The van der Waals surface area contributed by atoms with Gasteiger partial charge in [-0.1, -0.05) is 25.6 Å². The molecule has 3 heteroatoms. The number of aliphatic imine (C=N–C) groups is 1. The average molecular weight is 238 g/mol. The molecule has 1 aliphatic heterocycles. The molecule has 0 spiro atoms. The zero-order valence-electron chi connectivity index (χ0n) is 10.3. The minimum atomic E-state index is 0.393. The third-order valence-corrected chi connectivity index (χ3v) is 5.25. The van der Waals surface area contributed by atoms with E-state index >= 15 is 0 Å². The summed E-state index contributed by atoms with van der Waals surface area (Å²) in [5.74, 6) is 3.14. The molecule has 0 atom stereocenters. The van der Waals surface area contributed by atoms with Gasteiger partial charge in [0.1, 0.15) is 0 Å². The lowest BCUT2D eigenvalue weighted by Gasteiger charge is -2.29. The van der Waals surface area contributed by atoms with E-state index in [9.17, 15) is 0 Å². The highest BCUT2D eigenvalue weighted by atomic mass is 32.2. The number of nitrogens with zero attached hydrogens (tertiary/aromatic N) is 1. The summed E-state index contributed by atoms with van der Waals surface area (Å²) in [5.41, 5.74) is 0.393. The van der Waals surface area contributed by atoms with Gasteiger partial charge >= 0.3 is 0 Å². The average Bonchev–Trinajstić information content (AvgIpc) is 3.10. The van der Waals surface area contributed by atoms with E-state index in [1.54, 1.807) is 0 Å². The van der Waals surface area contributed by atoms with Gasteiger partial charge in [0.2, 0.25) is 0 Å². The second-order valence-electron chi connectivity index (χ2n) is 6.42. The zero-order chi connectivity index (χ0) is 11.2. The Morgan fingerprint density at radius 2 is 1.88 bits per heavy atom. The maximum atomic E-state index is 4.71. The molecule has 1 N–H and O–H groups in total. The molecule has 0 radical (unpaired) electrons. The van der Waals surface area contributed by atoms with E-state index in [4.69, 9.17) is 4.99 Å². The van der Waals surface area contributed by atoms with E-state index in [0.29, 0.717) is 5.41 Å². The Labute approximate surface area is 103 Å². The molecule has 0 aromatic carbocycles. The SMILES string of the molecule is CC1(C)CN=C(NC(C2CC2)C2CC2)SC1. The number of rotatable bonds is 3. The predicted molar refractivity (Wildman–Crippen MR) is 70.9 cm³/mol. The van der Waals surface area contributed by atoms with Crippen LogP contribution in [-0.4, -0.2) is 23.5 Å². The highest BCUT2D eigenvalue weighted by molar-refractivity contribution is 8.13. The monoisotopic (exact) mass is 238 g/mol. The minimum Gasteiger partial charge on any atom is -0.362 e. The second-order valence-corrected chi connectivity index (χ2v) is 7.38. The zero-order valence-corrected chi connectivity index (χ0v) is 11.1. The number of nitrogens with one attached hydrogen (secondary N) is 1. The number of amidine groups is 1. The van der Waals surface area contributed by atoms with Crippen molar-refractivity contribution in [2.24, 2.45) is 22.2 Å². The van der Waals surface area contributed by atoms with Crippen molar-refractivity contribution in [3.05, 3.63) is 0 Å². The van der Waals surface area contributed by atoms with E-state index in [1.807, 2.05) is 11.8 Å². The Kier molecular flexibility index (Phi) is 2.69. The third kappa shape index (κ3) is 2.55. The van der Waals surface area contributed by atoms with Gasteiger partial charge < -0.3 is 5.32 Å². The van der Waals surface area contributed by atoms with Crippen molar-refractivity contribution in [1.82, 2.24) is 5.32 Å². The summed E-state index contributed by atoms with van der Waals surface area (Å²) in [6.07, 6.45) is 5.77. The van der Waals surface area contributed by atoms with Crippen molar-refractivity contribution in [3.63, 3.8) is 0 Å². The Morgan fingerprint density at radius 1 is 1.25 bits per heavy atom. The smallest absolute Gasteiger partial charge is 0.156 e. The maximum Gasteiger partial charge on any atom is 0.156 e. The van der Waals surface area contributed by atoms with Gasteiger partial charge in [-0.2, -0.15) is 0 Å². The summed E-state index contributed by atoms with van der Waals surface area (Å²) in [4.78, 5) is 4.71. The fourth-order valence-corrected chi connectivity index (χ4v) is 3.40. The molecule has 0 bridgehead atoms. The van der Waals surface area contributed by atoms with Crippen LogP contribution in [0.15, 0.2) is 4.99 Å². The Hall–Kier alpha value is -0.180. The fraction of sp³-hybridized carbons (Fsp3) is 0.923. The number of hydrogen-bond donors (Lipinski definition) is 1. The summed E-state index contributed by atoms with van der Waals surface area (Å²) >= 11 is 1.93. The lowest BCUT2D eigenvalue weighted by Crippen LogP contribution is -2.39. The molecule has 0 unspecified atom stereocenters. The van der Waals surface area contributed by atoms with Gasteiger partial charge in [0.05, 0.1) is 0 Å². The molecule has 1 heterocycles. The number of hydrogen-bond acceptors (Lipinski definition) is 3. The first kappa shape index (κ1) is 10.9. The minimum absolute atomic E-state index is 0.393. The van der Waals surface area contributed by atoms with Crippen molar-refractivity contribution in [3.8, 4) is 0 Å². The quantitative estimate of drug-likeness (QED) is 0.817. The van der Waals surface area contributed by atoms with Gasteiger partial charge in [0.25, 0.3) is 0 Å². The Morgan fingerprint density at radius 3 is 2.31 bits per heavy atom. The fourth-order valence-electron chi connectivity index (χ4n) is 2.40. The summed E-state index contributed by atoms with van der Waals surface area (Å²) < 4.78 is 0. The predicted octanol–water partition coefficient (Wildman–Crippen LogP) is 2.89. The molecule has 0 aromatic rings. The van der Waals surface area contributed by atoms with E-state index in [1.165, 1.54) is 36.6 Å². The van der Waals surface area contributed by atoms with Crippen molar-refractivity contribution in [2.45, 2.75) is 45.6 Å². The normalized spacial score (nSPS) is 29.1. The van der Waals surface area contributed by atoms with Gasteiger partial charge in [-0.15, -0.1) is 0 Å².